The standard InChI is InChI=1S/C28H34FN9O5/c1-16(2)36-10-11-37-18(12-20(39)24(41)23(37)27(36)42)13-33-22(40)6-4-3-5-9-32-26-19(29)14-34-25(35-26)17-7-8-21(30)38(15-17)28(31)43/h7-8,12,14-16,30,41H,3-6,9-11,13H2,1-2H3,(H2,31,43)(H,33,40)(H,32,34,35). The lowest BCUT2D eigenvalue weighted by Gasteiger charge is -2.34. The molecule has 3 aromatic heterocycles. The summed E-state index contributed by atoms with van der Waals surface area (Å²) < 4.78 is 16.8. The molecule has 1 aliphatic heterocycles. The molecule has 0 saturated carbocycles. The molecule has 0 fully saturated rings. The molecule has 0 aromatic carbocycles. The Hall–Kier alpha value is -5.08. The number of anilines is 1. The van der Waals surface area contributed by atoms with Gasteiger partial charge in [-0.15, -0.1) is 0 Å². The molecule has 0 bridgehead atoms. The molecule has 3 amide bonds. The molecule has 4 rings (SSSR count). The van der Waals surface area contributed by atoms with Gasteiger partial charge in [0.2, 0.25) is 11.3 Å². The van der Waals surface area contributed by atoms with Crippen molar-refractivity contribution in [2.75, 3.05) is 18.4 Å². The van der Waals surface area contributed by atoms with Crippen molar-refractivity contribution in [2.24, 2.45) is 5.73 Å². The Labute approximate surface area is 245 Å². The highest BCUT2D eigenvalue weighted by atomic mass is 19.1. The largest absolute Gasteiger partial charge is 0.503 e. The van der Waals surface area contributed by atoms with E-state index in [9.17, 15) is 28.7 Å². The van der Waals surface area contributed by atoms with E-state index < -0.39 is 28.9 Å². The van der Waals surface area contributed by atoms with Gasteiger partial charge in [-0.1, -0.05) is 6.42 Å². The monoisotopic (exact) mass is 595 g/mol. The summed E-state index contributed by atoms with van der Waals surface area (Å²) in [4.78, 5) is 58.8. The van der Waals surface area contributed by atoms with Gasteiger partial charge in [0.05, 0.1) is 12.7 Å². The van der Waals surface area contributed by atoms with Crippen LogP contribution >= 0.6 is 0 Å². The second-order valence-electron chi connectivity index (χ2n) is 10.4. The van der Waals surface area contributed by atoms with Crippen LogP contribution in [0.25, 0.3) is 11.4 Å². The molecule has 0 spiro atoms. The van der Waals surface area contributed by atoms with E-state index in [1.165, 1.54) is 24.4 Å². The Morgan fingerprint density at radius 1 is 1.19 bits per heavy atom. The highest BCUT2D eigenvalue weighted by Crippen LogP contribution is 2.23. The van der Waals surface area contributed by atoms with Crippen LogP contribution in [0, 0.1) is 11.2 Å². The van der Waals surface area contributed by atoms with Crippen LogP contribution in [0.5, 0.6) is 5.75 Å². The van der Waals surface area contributed by atoms with Gasteiger partial charge < -0.3 is 30.9 Å². The number of fused-ring (bicyclic) bond motifs is 1. The maximum Gasteiger partial charge on any atom is 0.324 e. The number of amides is 3. The zero-order chi connectivity index (χ0) is 31.3. The number of nitrogens with one attached hydrogen (secondary N) is 3. The van der Waals surface area contributed by atoms with Crippen LogP contribution in [-0.2, 0) is 17.9 Å². The van der Waals surface area contributed by atoms with Crippen molar-refractivity contribution in [3.05, 3.63) is 63.5 Å². The summed E-state index contributed by atoms with van der Waals surface area (Å²) in [6, 6.07) is 3.19. The van der Waals surface area contributed by atoms with Crippen LogP contribution < -0.4 is 27.3 Å². The second-order valence-corrected chi connectivity index (χ2v) is 10.4. The number of rotatable bonds is 11. The Balaban J connectivity index is 1.25. The van der Waals surface area contributed by atoms with E-state index in [2.05, 4.69) is 20.6 Å². The van der Waals surface area contributed by atoms with Crippen molar-refractivity contribution >= 4 is 23.7 Å². The minimum Gasteiger partial charge on any atom is -0.503 e. The molecule has 0 atom stereocenters. The molecule has 0 radical (unpaired) electrons. The second kappa shape index (κ2) is 13.3. The van der Waals surface area contributed by atoms with E-state index in [1.807, 2.05) is 13.8 Å². The number of unbranched alkanes of at least 4 members (excludes halogenated alkanes) is 2. The summed E-state index contributed by atoms with van der Waals surface area (Å²) in [6.07, 6.45) is 4.39. The summed E-state index contributed by atoms with van der Waals surface area (Å²) in [5.74, 6) is -1.77. The number of halogens is 1. The van der Waals surface area contributed by atoms with Crippen molar-refractivity contribution in [3.63, 3.8) is 0 Å². The fourth-order valence-electron chi connectivity index (χ4n) is 4.76. The number of primary amides is 1. The molecule has 6 N–H and O–H groups in total. The highest BCUT2D eigenvalue weighted by Gasteiger charge is 2.31. The number of pyridine rings is 2. The lowest BCUT2D eigenvalue weighted by molar-refractivity contribution is -0.121. The fourth-order valence-corrected chi connectivity index (χ4v) is 4.76. The Morgan fingerprint density at radius 2 is 1.95 bits per heavy atom. The molecular weight excluding hydrogens is 561 g/mol. The van der Waals surface area contributed by atoms with Crippen molar-refractivity contribution in [1.29, 1.82) is 5.41 Å². The molecule has 0 unspecified atom stereocenters. The predicted molar refractivity (Wildman–Crippen MR) is 154 cm³/mol. The summed E-state index contributed by atoms with van der Waals surface area (Å²) in [7, 11) is 0. The molecule has 3 aromatic rings. The maximum atomic E-state index is 14.3. The Morgan fingerprint density at radius 3 is 2.67 bits per heavy atom. The van der Waals surface area contributed by atoms with Crippen LogP contribution in [0.4, 0.5) is 15.0 Å². The Kier molecular flexibility index (Phi) is 9.52. The minimum absolute atomic E-state index is 0.0224. The van der Waals surface area contributed by atoms with Gasteiger partial charge in [-0.05, 0) is 38.8 Å². The van der Waals surface area contributed by atoms with Crippen LogP contribution in [0.1, 0.15) is 55.7 Å². The highest BCUT2D eigenvalue weighted by molar-refractivity contribution is 5.96. The van der Waals surface area contributed by atoms with Crippen LogP contribution in [0.3, 0.4) is 0 Å². The van der Waals surface area contributed by atoms with Gasteiger partial charge in [0.1, 0.15) is 5.49 Å². The number of hydrogen-bond acceptors (Lipinski definition) is 9. The lowest BCUT2D eigenvalue weighted by Crippen LogP contribution is -2.46. The van der Waals surface area contributed by atoms with Crippen LogP contribution in [0.15, 0.2) is 35.4 Å². The molecule has 4 heterocycles. The number of nitrogens with two attached hydrogens (primary N) is 1. The first-order valence-electron chi connectivity index (χ1n) is 13.8. The van der Waals surface area contributed by atoms with Crippen LogP contribution in [-0.4, -0.2) is 66.1 Å². The third-order valence-electron chi connectivity index (χ3n) is 7.05. The molecule has 43 heavy (non-hydrogen) atoms. The van der Waals surface area contributed by atoms with Crippen molar-refractivity contribution < 1.29 is 23.9 Å². The molecule has 0 saturated heterocycles. The molecule has 1 aliphatic rings. The minimum atomic E-state index is -0.842. The zero-order valence-electron chi connectivity index (χ0n) is 23.9. The number of aromatic hydroxyl groups is 1. The normalized spacial score (nSPS) is 12.7. The fraction of sp³-hybridized carbons (Fsp3) is 0.393. The average molecular weight is 596 g/mol. The summed E-state index contributed by atoms with van der Waals surface area (Å²) >= 11 is 0. The first-order valence-corrected chi connectivity index (χ1v) is 13.8. The summed E-state index contributed by atoms with van der Waals surface area (Å²) in [6.45, 7) is 4.95. The van der Waals surface area contributed by atoms with Gasteiger partial charge in [0.15, 0.2) is 28.9 Å². The number of carbonyl (C=O) groups excluding carboxylic acids is 3. The van der Waals surface area contributed by atoms with Crippen molar-refractivity contribution in [1.82, 2.24) is 29.3 Å². The van der Waals surface area contributed by atoms with Gasteiger partial charge in [-0.3, -0.25) is 24.4 Å². The van der Waals surface area contributed by atoms with Crippen molar-refractivity contribution in [3.8, 4) is 17.1 Å². The molecular formula is C28H34FN9O5. The SMILES string of the molecule is CC(C)N1CCn2c(CNC(=O)CCCCCNc3nc(-c4ccc(=N)n(C(N)=O)c4)ncc3F)cc(=O)c(O)c2C1=O. The first-order chi connectivity index (χ1) is 20.5. The van der Waals surface area contributed by atoms with E-state index in [0.29, 0.717) is 50.2 Å². The van der Waals surface area contributed by atoms with E-state index in [0.717, 1.165) is 10.8 Å². The first kappa shape index (κ1) is 30.9. The van der Waals surface area contributed by atoms with E-state index >= 15 is 0 Å². The third-order valence-corrected chi connectivity index (χ3v) is 7.05. The van der Waals surface area contributed by atoms with E-state index in [1.54, 1.807) is 9.47 Å². The maximum absolute atomic E-state index is 14.3. The van der Waals surface area contributed by atoms with Crippen molar-refractivity contribution in [2.45, 2.75) is 58.7 Å². The molecule has 14 nitrogen and oxygen atoms in total. The zero-order valence-corrected chi connectivity index (χ0v) is 23.9. The molecule has 15 heteroatoms. The topological polar surface area (TPSA) is 201 Å². The lowest BCUT2D eigenvalue weighted by atomic mass is 10.1. The van der Waals surface area contributed by atoms with Gasteiger partial charge in [-0.25, -0.2) is 19.2 Å². The summed E-state index contributed by atoms with van der Waals surface area (Å²) in [5, 5.41) is 23.7. The number of nitrogens with zero attached hydrogens (tertiary/aromatic N) is 5. The van der Waals surface area contributed by atoms with Gasteiger partial charge in [0.25, 0.3) is 5.91 Å². The predicted octanol–water partition coefficient (Wildman–Crippen LogP) is 1.51. The average Bonchev–Trinajstić information content (AvgIpc) is 2.96. The quantitative estimate of drug-likeness (QED) is 0.205. The summed E-state index contributed by atoms with van der Waals surface area (Å²) in [5.41, 5.74) is 5.24. The third kappa shape index (κ3) is 7.05. The van der Waals surface area contributed by atoms with Gasteiger partial charge in [0, 0.05) is 55.6 Å². The van der Waals surface area contributed by atoms with Gasteiger partial charge in [-0.2, -0.15) is 0 Å². The van der Waals surface area contributed by atoms with E-state index in [4.69, 9.17) is 11.1 Å². The van der Waals surface area contributed by atoms with E-state index in [-0.39, 0.29) is 47.7 Å². The molecule has 228 valence electrons. The number of aromatic nitrogens is 4. The number of hydrogen-bond donors (Lipinski definition) is 5. The molecule has 0 aliphatic carbocycles. The van der Waals surface area contributed by atoms with Crippen LogP contribution in [0.2, 0.25) is 0 Å². The number of carbonyl (C=O) groups is 3. The smallest absolute Gasteiger partial charge is 0.324 e. The van der Waals surface area contributed by atoms with Gasteiger partial charge >= 0.3 is 6.03 Å². The Bertz CT molecular complexity index is 1670.